The maximum absolute atomic E-state index is 11.8. The molecule has 0 heterocycles. The second kappa shape index (κ2) is 8.40. The molecule has 1 rings (SSSR count). The minimum absolute atomic E-state index is 0.203. The number of carbonyl (C=O) groups is 4. The largest absolute Gasteiger partial charge is 0.468 e. The van der Waals surface area contributed by atoms with Crippen LogP contribution in [-0.2, 0) is 19.1 Å². The van der Waals surface area contributed by atoms with Crippen LogP contribution in [0.25, 0.3) is 0 Å². The number of methoxy groups -OCH3 is 2. The number of carbonyl (C=O) groups excluding carboxylic acids is 4. The summed E-state index contributed by atoms with van der Waals surface area (Å²) in [6, 6.07) is 5.84. The van der Waals surface area contributed by atoms with Gasteiger partial charge in [-0.1, -0.05) is 6.07 Å². The van der Waals surface area contributed by atoms with Crippen molar-refractivity contribution >= 4 is 23.8 Å². The molecule has 1 aromatic carbocycles. The predicted molar refractivity (Wildman–Crippen MR) is 75.1 cm³/mol. The SMILES string of the molecule is COC(=O)CNC(=O)c1cccc(C(=O)NCC(=O)OC)c1. The summed E-state index contributed by atoms with van der Waals surface area (Å²) in [6.45, 7) is -0.539. The fraction of sp³-hybridized carbons (Fsp3) is 0.286. The summed E-state index contributed by atoms with van der Waals surface area (Å²) < 4.78 is 8.80. The zero-order valence-electron chi connectivity index (χ0n) is 12.2. The minimum Gasteiger partial charge on any atom is -0.468 e. The van der Waals surface area contributed by atoms with E-state index in [1.807, 2.05) is 0 Å². The van der Waals surface area contributed by atoms with Crippen LogP contribution in [0.1, 0.15) is 20.7 Å². The summed E-state index contributed by atoms with van der Waals surface area (Å²) in [4.78, 5) is 45.6. The number of hydrogen-bond acceptors (Lipinski definition) is 6. The lowest BCUT2D eigenvalue weighted by atomic mass is 10.1. The molecule has 0 fully saturated rings. The van der Waals surface area contributed by atoms with Crippen molar-refractivity contribution in [1.29, 1.82) is 0 Å². The van der Waals surface area contributed by atoms with Crippen LogP contribution >= 0.6 is 0 Å². The molecule has 0 saturated carbocycles. The second-order valence-corrected chi connectivity index (χ2v) is 4.10. The molecule has 0 aliphatic carbocycles. The molecule has 22 heavy (non-hydrogen) atoms. The topological polar surface area (TPSA) is 111 Å². The van der Waals surface area contributed by atoms with Crippen molar-refractivity contribution in [3.05, 3.63) is 35.4 Å². The van der Waals surface area contributed by atoms with Crippen molar-refractivity contribution in [1.82, 2.24) is 10.6 Å². The highest BCUT2D eigenvalue weighted by Gasteiger charge is 2.12. The number of ether oxygens (including phenoxy) is 2. The van der Waals surface area contributed by atoms with Crippen LogP contribution in [-0.4, -0.2) is 51.1 Å². The first-order valence-electron chi connectivity index (χ1n) is 6.28. The van der Waals surface area contributed by atoms with Crippen LogP contribution in [0.15, 0.2) is 24.3 Å². The Morgan fingerprint density at radius 1 is 0.864 bits per heavy atom. The van der Waals surface area contributed by atoms with Crippen LogP contribution in [0.5, 0.6) is 0 Å². The average Bonchev–Trinajstić information content (AvgIpc) is 2.56. The number of esters is 2. The molecule has 8 nitrogen and oxygen atoms in total. The molecule has 0 atom stereocenters. The van der Waals surface area contributed by atoms with E-state index in [0.29, 0.717) is 0 Å². The monoisotopic (exact) mass is 308 g/mol. The lowest BCUT2D eigenvalue weighted by Gasteiger charge is -2.07. The molecular weight excluding hydrogens is 292 g/mol. The summed E-state index contributed by atoms with van der Waals surface area (Å²) in [6.07, 6.45) is 0. The maximum Gasteiger partial charge on any atom is 0.325 e. The van der Waals surface area contributed by atoms with E-state index >= 15 is 0 Å². The first-order valence-corrected chi connectivity index (χ1v) is 6.28. The van der Waals surface area contributed by atoms with Gasteiger partial charge in [0.2, 0.25) is 0 Å². The highest BCUT2D eigenvalue weighted by atomic mass is 16.5. The molecule has 1 aromatic rings. The summed E-state index contributed by atoms with van der Waals surface area (Å²) in [5.41, 5.74) is 0.407. The van der Waals surface area contributed by atoms with Gasteiger partial charge in [0.15, 0.2) is 0 Å². The Hall–Kier alpha value is -2.90. The van der Waals surface area contributed by atoms with Crippen molar-refractivity contribution in [2.75, 3.05) is 27.3 Å². The van der Waals surface area contributed by atoms with Gasteiger partial charge in [-0.3, -0.25) is 19.2 Å². The Kier molecular flexibility index (Phi) is 6.55. The summed E-state index contributed by atoms with van der Waals surface area (Å²) in [5, 5.41) is 4.71. The van der Waals surface area contributed by atoms with Crippen LogP contribution in [0.3, 0.4) is 0 Å². The Bertz CT molecular complexity index is 537. The standard InChI is InChI=1S/C14H16N2O6/c1-21-11(17)7-15-13(19)9-4-3-5-10(6-9)14(20)16-8-12(18)22-2/h3-6H,7-8H2,1-2H3,(H,15,19)(H,16,20). The van der Waals surface area contributed by atoms with Gasteiger partial charge in [-0.25, -0.2) is 0 Å². The highest BCUT2D eigenvalue weighted by molar-refractivity contribution is 6.01. The van der Waals surface area contributed by atoms with E-state index in [0.717, 1.165) is 0 Å². The molecule has 8 heteroatoms. The van der Waals surface area contributed by atoms with E-state index < -0.39 is 23.8 Å². The number of rotatable bonds is 6. The molecule has 0 bridgehead atoms. The van der Waals surface area contributed by atoms with Gasteiger partial charge in [0, 0.05) is 11.1 Å². The van der Waals surface area contributed by atoms with E-state index in [1.54, 1.807) is 0 Å². The molecule has 0 aromatic heterocycles. The number of nitrogens with one attached hydrogen (secondary N) is 2. The predicted octanol–water partition coefficient (Wildman–Crippen LogP) is -0.508. The highest BCUT2D eigenvalue weighted by Crippen LogP contribution is 2.05. The Morgan fingerprint density at radius 2 is 1.27 bits per heavy atom. The Morgan fingerprint density at radius 3 is 1.64 bits per heavy atom. The molecule has 0 saturated heterocycles. The maximum atomic E-state index is 11.8. The zero-order chi connectivity index (χ0) is 16.5. The smallest absolute Gasteiger partial charge is 0.325 e. The first kappa shape index (κ1) is 17.2. The number of benzene rings is 1. The van der Waals surface area contributed by atoms with Gasteiger partial charge in [0.25, 0.3) is 11.8 Å². The van der Waals surface area contributed by atoms with Crippen LogP contribution < -0.4 is 10.6 Å². The fourth-order valence-electron chi connectivity index (χ4n) is 1.46. The zero-order valence-corrected chi connectivity index (χ0v) is 12.2. The molecule has 0 spiro atoms. The van der Waals surface area contributed by atoms with Crippen molar-refractivity contribution < 1.29 is 28.7 Å². The quantitative estimate of drug-likeness (QED) is 0.685. The molecule has 0 unspecified atom stereocenters. The fourth-order valence-corrected chi connectivity index (χ4v) is 1.46. The van der Waals surface area contributed by atoms with E-state index in [9.17, 15) is 19.2 Å². The van der Waals surface area contributed by atoms with Gasteiger partial charge in [0.1, 0.15) is 13.1 Å². The van der Waals surface area contributed by atoms with Crippen molar-refractivity contribution in [2.45, 2.75) is 0 Å². The second-order valence-electron chi connectivity index (χ2n) is 4.10. The minimum atomic E-state index is -0.583. The van der Waals surface area contributed by atoms with Gasteiger partial charge < -0.3 is 20.1 Å². The van der Waals surface area contributed by atoms with Crippen molar-refractivity contribution in [3.63, 3.8) is 0 Å². The van der Waals surface area contributed by atoms with Crippen LogP contribution in [0.4, 0.5) is 0 Å². The average molecular weight is 308 g/mol. The molecule has 0 aliphatic rings. The van der Waals surface area contributed by atoms with E-state index in [-0.39, 0.29) is 24.2 Å². The molecule has 2 N–H and O–H groups in total. The van der Waals surface area contributed by atoms with Crippen LogP contribution in [0.2, 0.25) is 0 Å². The number of hydrogen-bond donors (Lipinski definition) is 2. The van der Waals surface area contributed by atoms with Crippen molar-refractivity contribution in [2.24, 2.45) is 0 Å². The number of amides is 2. The van der Waals surface area contributed by atoms with Crippen molar-refractivity contribution in [3.8, 4) is 0 Å². The molecule has 0 radical (unpaired) electrons. The molecule has 0 aliphatic heterocycles. The molecule has 2 amide bonds. The first-order chi connectivity index (χ1) is 10.5. The van der Waals surface area contributed by atoms with E-state index in [4.69, 9.17) is 0 Å². The third-order valence-electron chi connectivity index (χ3n) is 2.63. The molecule has 118 valence electrons. The lowest BCUT2D eigenvalue weighted by molar-refractivity contribution is -0.140. The van der Waals surface area contributed by atoms with Gasteiger partial charge in [-0.15, -0.1) is 0 Å². The molecular formula is C14H16N2O6. The Balaban J connectivity index is 2.68. The van der Waals surface area contributed by atoms with Crippen LogP contribution in [0, 0.1) is 0 Å². The summed E-state index contributed by atoms with van der Waals surface area (Å²) in [5.74, 6) is -2.21. The normalized spacial score (nSPS) is 9.55. The van der Waals surface area contributed by atoms with Gasteiger partial charge in [0.05, 0.1) is 14.2 Å². The van der Waals surface area contributed by atoms with Gasteiger partial charge >= 0.3 is 11.9 Å². The van der Waals surface area contributed by atoms with E-state index in [1.165, 1.54) is 38.5 Å². The Labute approximate surface area is 126 Å². The van der Waals surface area contributed by atoms with Gasteiger partial charge in [-0.05, 0) is 18.2 Å². The third-order valence-corrected chi connectivity index (χ3v) is 2.63. The lowest BCUT2D eigenvalue weighted by Crippen LogP contribution is -2.31. The summed E-state index contributed by atoms with van der Waals surface area (Å²) in [7, 11) is 2.42. The third kappa shape index (κ3) is 5.23. The van der Waals surface area contributed by atoms with E-state index in [2.05, 4.69) is 20.1 Å². The van der Waals surface area contributed by atoms with Gasteiger partial charge in [-0.2, -0.15) is 0 Å². The summed E-state index contributed by atoms with van der Waals surface area (Å²) >= 11 is 0.